The third-order valence-electron chi connectivity index (χ3n) is 2.10. The van der Waals surface area contributed by atoms with Crippen molar-refractivity contribution < 1.29 is 9.53 Å². The highest BCUT2D eigenvalue weighted by Crippen LogP contribution is 2.19. The van der Waals surface area contributed by atoms with E-state index in [1.54, 1.807) is 6.07 Å². The Kier molecular flexibility index (Phi) is 2.38. The van der Waals surface area contributed by atoms with Gasteiger partial charge in [-0.3, -0.25) is 4.79 Å². The van der Waals surface area contributed by atoms with E-state index in [1.165, 1.54) is 0 Å². The van der Waals surface area contributed by atoms with Crippen LogP contribution in [0.2, 0.25) is 0 Å². The summed E-state index contributed by atoms with van der Waals surface area (Å²) < 4.78 is 5.11. The predicted octanol–water partition coefficient (Wildman–Crippen LogP) is 1.70. The van der Waals surface area contributed by atoms with Crippen LogP contribution in [0.1, 0.15) is 15.9 Å². The number of thiol groups is 1. The first-order chi connectivity index (χ1) is 6.27. The fourth-order valence-electron chi connectivity index (χ4n) is 1.34. The van der Waals surface area contributed by atoms with Crippen LogP contribution in [0.4, 0.5) is 0 Å². The van der Waals surface area contributed by atoms with Crippen LogP contribution < -0.4 is 0 Å². The highest BCUT2D eigenvalue weighted by atomic mass is 32.1. The van der Waals surface area contributed by atoms with Crippen molar-refractivity contribution in [3.63, 3.8) is 0 Å². The molecule has 2 rings (SSSR count). The Morgan fingerprint density at radius 3 is 2.85 bits per heavy atom. The van der Waals surface area contributed by atoms with Gasteiger partial charge in [0.1, 0.15) is 0 Å². The molecule has 0 N–H and O–H groups in total. The SMILES string of the molecule is O=C(S)c1ccccc1C[C@H]1CO1. The van der Waals surface area contributed by atoms with Gasteiger partial charge in [0.05, 0.1) is 12.7 Å². The Hall–Kier alpha value is -0.800. The average Bonchev–Trinajstić information content (AvgIpc) is 2.89. The monoisotopic (exact) mass is 194 g/mol. The van der Waals surface area contributed by atoms with E-state index in [-0.39, 0.29) is 5.12 Å². The summed E-state index contributed by atoms with van der Waals surface area (Å²) in [6.45, 7) is 0.815. The fourth-order valence-corrected chi connectivity index (χ4v) is 1.56. The van der Waals surface area contributed by atoms with Crippen molar-refractivity contribution in [2.45, 2.75) is 12.5 Å². The summed E-state index contributed by atoms with van der Waals surface area (Å²) in [6, 6.07) is 7.52. The summed E-state index contributed by atoms with van der Waals surface area (Å²) in [5, 5.41) is -0.170. The first-order valence-electron chi connectivity index (χ1n) is 4.20. The van der Waals surface area contributed by atoms with E-state index in [0.717, 1.165) is 18.6 Å². The molecule has 1 aliphatic heterocycles. The molecule has 1 atom stereocenters. The summed E-state index contributed by atoms with van der Waals surface area (Å²) in [6.07, 6.45) is 1.14. The molecule has 1 saturated heterocycles. The van der Waals surface area contributed by atoms with Gasteiger partial charge in [0.2, 0.25) is 5.12 Å². The summed E-state index contributed by atoms with van der Waals surface area (Å²) in [5.41, 5.74) is 1.73. The number of benzene rings is 1. The second-order valence-corrected chi connectivity index (χ2v) is 3.53. The lowest BCUT2D eigenvalue weighted by molar-refractivity contribution is 0.109. The van der Waals surface area contributed by atoms with Crippen LogP contribution in [0.5, 0.6) is 0 Å². The minimum Gasteiger partial charge on any atom is -0.373 e. The molecule has 68 valence electrons. The Morgan fingerprint density at radius 1 is 1.54 bits per heavy atom. The highest BCUT2D eigenvalue weighted by Gasteiger charge is 2.24. The molecule has 0 bridgehead atoms. The average molecular weight is 194 g/mol. The molecule has 2 nitrogen and oxygen atoms in total. The molecule has 1 aromatic rings. The number of carbonyl (C=O) groups excluding carboxylic acids is 1. The second-order valence-electron chi connectivity index (χ2n) is 3.12. The first kappa shape index (κ1) is 8.78. The van der Waals surface area contributed by atoms with E-state index < -0.39 is 0 Å². The molecule has 0 amide bonds. The van der Waals surface area contributed by atoms with Crippen LogP contribution in [0.15, 0.2) is 24.3 Å². The minimum absolute atomic E-state index is 0.170. The van der Waals surface area contributed by atoms with Gasteiger partial charge in [0, 0.05) is 12.0 Å². The zero-order chi connectivity index (χ0) is 9.26. The van der Waals surface area contributed by atoms with Crippen molar-refractivity contribution in [3.05, 3.63) is 35.4 Å². The summed E-state index contributed by atoms with van der Waals surface area (Å²) in [7, 11) is 0. The second kappa shape index (κ2) is 3.52. The summed E-state index contributed by atoms with van der Waals surface area (Å²) >= 11 is 3.82. The van der Waals surface area contributed by atoms with Crippen LogP contribution in [0.3, 0.4) is 0 Å². The molecule has 1 aliphatic rings. The van der Waals surface area contributed by atoms with Gasteiger partial charge in [0.25, 0.3) is 0 Å². The number of ether oxygens (including phenoxy) is 1. The molecule has 0 saturated carbocycles. The molecule has 1 heterocycles. The van der Waals surface area contributed by atoms with E-state index in [9.17, 15) is 4.79 Å². The van der Waals surface area contributed by atoms with Gasteiger partial charge in [0.15, 0.2) is 0 Å². The molecule has 3 heteroatoms. The number of hydrogen-bond donors (Lipinski definition) is 1. The quantitative estimate of drug-likeness (QED) is 0.586. The largest absolute Gasteiger partial charge is 0.373 e. The first-order valence-corrected chi connectivity index (χ1v) is 4.65. The van der Waals surface area contributed by atoms with Crippen LogP contribution in [-0.2, 0) is 11.2 Å². The van der Waals surface area contributed by atoms with Crippen LogP contribution in [0.25, 0.3) is 0 Å². The molecule has 1 aromatic carbocycles. The van der Waals surface area contributed by atoms with Crippen LogP contribution >= 0.6 is 12.6 Å². The molecule has 0 spiro atoms. The standard InChI is InChI=1S/C10H10O2S/c11-10(13)9-4-2-1-3-7(9)5-8-6-12-8/h1-4,8H,5-6H2,(H,11,13)/t8-/m0/s1. The van der Waals surface area contributed by atoms with Crippen molar-refractivity contribution in [3.8, 4) is 0 Å². The van der Waals surface area contributed by atoms with Crippen molar-refractivity contribution in [1.82, 2.24) is 0 Å². The van der Waals surface area contributed by atoms with E-state index in [4.69, 9.17) is 4.74 Å². The lowest BCUT2D eigenvalue weighted by Gasteiger charge is -2.03. The molecule has 0 radical (unpaired) electrons. The lowest BCUT2D eigenvalue weighted by atomic mass is 10.0. The third-order valence-corrected chi connectivity index (χ3v) is 2.34. The number of carbonyl (C=O) groups is 1. The molecule has 1 fully saturated rings. The van der Waals surface area contributed by atoms with Crippen molar-refractivity contribution in [2.75, 3.05) is 6.61 Å². The zero-order valence-corrected chi connectivity index (χ0v) is 7.96. The maximum absolute atomic E-state index is 11.1. The Balaban J connectivity index is 2.25. The molecule has 0 aromatic heterocycles. The van der Waals surface area contributed by atoms with Crippen molar-refractivity contribution in [1.29, 1.82) is 0 Å². The number of hydrogen-bond acceptors (Lipinski definition) is 2. The Bertz CT molecular complexity index is 331. The summed E-state index contributed by atoms with van der Waals surface area (Å²) in [5.74, 6) is 0. The predicted molar refractivity (Wildman–Crippen MR) is 53.2 cm³/mol. The van der Waals surface area contributed by atoms with Gasteiger partial charge >= 0.3 is 0 Å². The third kappa shape index (κ3) is 2.11. The van der Waals surface area contributed by atoms with Gasteiger partial charge in [-0.2, -0.15) is 0 Å². The Morgan fingerprint density at radius 2 is 2.23 bits per heavy atom. The topological polar surface area (TPSA) is 29.6 Å². The molecule has 0 aliphatic carbocycles. The van der Waals surface area contributed by atoms with E-state index >= 15 is 0 Å². The van der Waals surface area contributed by atoms with Crippen LogP contribution in [-0.4, -0.2) is 17.8 Å². The highest BCUT2D eigenvalue weighted by molar-refractivity contribution is 7.97. The molecule has 0 unspecified atom stereocenters. The van der Waals surface area contributed by atoms with Gasteiger partial charge in [-0.05, 0) is 5.56 Å². The lowest BCUT2D eigenvalue weighted by Crippen LogP contribution is -2.00. The van der Waals surface area contributed by atoms with Gasteiger partial charge in [-0.1, -0.05) is 24.3 Å². The molecular weight excluding hydrogens is 184 g/mol. The minimum atomic E-state index is -0.170. The zero-order valence-electron chi connectivity index (χ0n) is 7.06. The van der Waals surface area contributed by atoms with Crippen molar-refractivity contribution in [2.24, 2.45) is 0 Å². The summed E-state index contributed by atoms with van der Waals surface area (Å²) in [4.78, 5) is 11.1. The van der Waals surface area contributed by atoms with Gasteiger partial charge in [-0.25, -0.2) is 0 Å². The van der Waals surface area contributed by atoms with Gasteiger partial charge in [-0.15, -0.1) is 12.6 Å². The van der Waals surface area contributed by atoms with Crippen molar-refractivity contribution >= 4 is 17.7 Å². The molecular formula is C10H10O2S. The van der Waals surface area contributed by atoms with E-state index in [1.807, 2.05) is 18.2 Å². The maximum Gasteiger partial charge on any atom is 0.216 e. The number of epoxide rings is 1. The fraction of sp³-hybridized carbons (Fsp3) is 0.300. The van der Waals surface area contributed by atoms with E-state index in [2.05, 4.69) is 12.6 Å². The van der Waals surface area contributed by atoms with E-state index in [0.29, 0.717) is 11.7 Å². The smallest absolute Gasteiger partial charge is 0.216 e. The maximum atomic E-state index is 11.1. The number of rotatable bonds is 3. The normalized spacial score (nSPS) is 19.9. The Labute approximate surface area is 82.3 Å². The van der Waals surface area contributed by atoms with Gasteiger partial charge < -0.3 is 4.74 Å². The van der Waals surface area contributed by atoms with Crippen LogP contribution in [0, 0.1) is 0 Å². The molecule has 13 heavy (non-hydrogen) atoms.